The topological polar surface area (TPSA) is 99.4 Å². The number of hydrogen-bond acceptors (Lipinski definition) is 4. The van der Waals surface area contributed by atoms with Crippen molar-refractivity contribution in [2.45, 2.75) is 33.6 Å². The maximum atomic E-state index is 13.1. The first kappa shape index (κ1) is 19.4. The minimum absolute atomic E-state index is 0.256. The molecule has 0 bridgehead atoms. The summed E-state index contributed by atoms with van der Waals surface area (Å²) in [4.78, 5) is 13.1. The quantitative estimate of drug-likeness (QED) is 0.519. The molecule has 4 rings (SSSR count). The van der Waals surface area contributed by atoms with Crippen molar-refractivity contribution < 1.29 is 4.79 Å². The molecule has 150 valence electrons. The van der Waals surface area contributed by atoms with Gasteiger partial charge in [-0.1, -0.05) is 31.5 Å². The molecule has 0 spiro atoms. The van der Waals surface area contributed by atoms with Crippen LogP contribution in [0.25, 0.3) is 16.6 Å². The number of carbonyl (C=O) groups excluding carboxylic acids is 1. The molecular formula is C23H22N6O. The molecule has 0 radical (unpaired) electrons. The van der Waals surface area contributed by atoms with E-state index in [9.17, 15) is 10.1 Å². The second-order valence-corrected chi connectivity index (χ2v) is 7.30. The number of nitriles is 1. The number of fused-ring (bicyclic) bond motifs is 1. The van der Waals surface area contributed by atoms with Crippen LogP contribution < -0.4 is 5.32 Å². The summed E-state index contributed by atoms with van der Waals surface area (Å²) in [5.41, 5.74) is 5.57. The number of benzene rings is 2. The van der Waals surface area contributed by atoms with E-state index in [1.54, 1.807) is 12.3 Å². The highest BCUT2D eigenvalue weighted by Crippen LogP contribution is 2.26. The minimum Gasteiger partial charge on any atom is -0.304 e. The van der Waals surface area contributed by atoms with Gasteiger partial charge in [0.2, 0.25) is 0 Å². The van der Waals surface area contributed by atoms with Gasteiger partial charge >= 0.3 is 0 Å². The van der Waals surface area contributed by atoms with E-state index in [0.717, 1.165) is 40.7 Å². The van der Waals surface area contributed by atoms with Gasteiger partial charge < -0.3 is 5.32 Å². The van der Waals surface area contributed by atoms with E-state index in [2.05, 4.69) is 33.6 Å². The summed E-state index contributed by atoms with van der Waals surface area (Å²) >= 11 is 0. The Morgan fingerprint density at radius 3 is 2.77 bits per heavy atom. The number of para-hydroxylation sites is 1. The first-order chi connectivity index (χ1) is 14.5. The number of hydrogen-bond donors (Lipinski definition) is 2. The first-order valence-corrected chi connectivity index (χ1v) is 9.86. The lowest BCUT2D eigenvalue weighted by atomic mass is 10.1. The maximum Gasteiger partial charge on any atom is 0.260 e. The van der Waals surface area contributed by atoms with Gasteiger partial charge in [0.1, 0.15) is 0 Å². The Balaban J connectivity index is 1.71. The van der Waals surface area contributed by atoms with Crippen LogP contribution in [0, 0.1) is 25.2 Å². The zero-order chi connectivity index (χ0) is 21.3. The summed E-state index contributed by atoms with van der Waals surface area (Å²) in [6.07, 6.45) is 3.23. The molecule has 2 N–H and O–H groups in total. The summed E-state index contributed by atoms with van der Waals surface area (Å²) in [5, 5.41) is 24.5. The first-order valence-electron chi connectivity index (χ1n) is 9.86. The van der Waals surface area contributed by atoms with Gasteiger partial charge in [-0.15, -0.1) is 0 Å². The Kier molecular flexibility index (Phi) is 5.07. The predicted octanol–water partition coefficient (Wildman–Crippen LogP) is 4.44. The monoisotopic (exact) mass is 398 g/mol. The normalized spacial score (nSPS) is 10.9. The summed E-state index contributed by atoms with van der Waals surface area (Å²) in [6, 6.07) is 13.7. The Morgan fingerprint density at radius 2 is 2.03 bits per heavy atom. The average Bonchev–Trinajstić information content (AvgIpc) is 3.32. The van der Waals surface area contributed by atoms with E-state index in [1.807, 2.05) is 48.9 Å². The number of aryl methyl sites for hydroxylation is 2. The molecule has 7 heteroatoms. The lowest BCUT2D eigenvalue weighted by Gasteiger charge is -2.11. The molecule has 0 aliphatic rings. The number of rotatable bonds is 5. The van der Waals surface area contributed by atoms with E-state index in [4.69, 9.17) is 0 Å². The lowest BCUT2D eigenvalue weighted by Crippen LogP contribution is -2.15. The predicted molar refractivity (Wildman–Crippen MR) is 116 cm³/mol. The van der Waals surface area contributed by atoms with Gasteiger partial charge in [0, 0.05) is 5.39 Å². The van der Waals surface area contributed by atoms with Crippen LogP contribution in [0.5, 0.6) is 0 Å². The van der Waals surface area contributed by atoms with E-state index in [-0.39, 0.29) is 5.91 Å². The van der Waals surface area contributed by atoms with E-state index < -0.39 is 0 Å². The second kappa shape index (κ2) is 7.84. The molecule has 2 aromatic heterocycles. The van der Waals surface area contributed by atoms with E-state index in [0.29, 0.717) is 22.5 Å². The van der Waals surface area contributed by atoms with Crippen molar-refractivity contribution in [1.82, 2.24) is 20.0 Å². The van der Waals surface area contributed by atoms with E-state index in [1.165, 1.54) is 0 Å². The molecule has 0 aliphatic carbocycles. The summed E-state index contributed by atoms with van der Waals surface area (Å²) in [7, 11) is 0. The largest absolute Gasteiger partial charge is 0.304 e. The Labute approximate surface area is 174 Å². The van der Waals surface area contributed by atoms with Gasteiger partial charge in [-0.2, -0.15) is 15.5 Å². The highest BCUT2D eigenvalue weighted by atomic mass is 16.1. The van der Waals surface area contributed by atoms with Crippen LogP contribution in [-0.4, -0.2) is 25.9 Å². The molecule has 2 aromatic carbocycles. The van der Waals surface area contributed by atoms with E-state index >= 15 is 0 Å². The number of carbonyl (C=O) groups is 1. The third-order valence-electron chi connectivity index (χ3n) is 5.20. The van der Waals surface area contributed by atoms with Gasteiger partial charge in [0.05, 0.1) is 40.3 Å². The van der Waals surface area contributed by atoms with Crippen molar-refractivity contribution in [3.8, 4) is 11.8 Å². The van der Waals surface area contributed by atoms with Crippen LogP contribution in [0.3, 0.4) is 0 Å². The SMILES string of the molecule is CCCc1c(C(=O)Nc2n[nH]c3cc(C#N)c(C)cc23)cnn1-c1ccccc1C. The number of aromatic nitrogens is 4. The van der Waals surface area contributed by atoms with Crippen molar-refractivity contribution in [2.24, 2.45) is 0 Å². The fraction of sp³-hybridized carbons (Fsp3) is 0.217. The third kappa shape index (κ3) is 3.33. The van der Waals surface area contributed by atoms with Crippen molar-refractivity contribution >= 4 is 22.6 Å². The highest BCUT2D eigenvalue weighted by Gasteiger charge is 2.20. The van der Waals surface area contributed by atoms with Crippen molar-refractivity contribution in [1.29, 1.82) is 5.26 Å². The van der Waals surface area contributed by atoms with Crippen molar-refractivity contribution in [2.75, 3.05) is 5.32 Å². The smallest absolute Gasteiger partial charge is 0.260 e. The number of H-pyrrole nitrogens is 1. The maximum absolute atomic E-state index is 13.1. The van der Waals surface area contributed by atoms with Gasteiger partial charge in [0.25, 0.3) is 5.91 Å². The second-order valence-electron chi connectivity index (χ2n) is 7.30. The van der Waals surface area contributed by atoms with Gasteiger partial charge in [0.15, 0.2) is 5.82 Å². The molecule has 0 unspecified atom stereocenters. The summed E-state index contributed by atoms with van der Waals surface area (Å²) in [6.45, 7) is 5.97. The van der Waals surface area contributed by atoms with Crippen LogP contribution in [0.2, 0.25) is 0 Å². The van der Waals surface area contributed by atoms with Crippen LogP contribution in [0.15, 0.2) is 42.6 Å². The highest BCUT2D eigenvalue weighted by molar-refractivity contribution is 6.08. The molecule has 4 aromatic rings. The number of amides is 1. The van der Waals surface area contributed by atoms with Crippen LogP contribution in [-0.2, 0) is 6.42 Å². The van der Waals surface area contributed by atoms with Crippen molar-refractivity contribution in [3.05, 3.63) is 70.5 Å². The van der Waals surface area contributed by atoms with Crippen LogP contribution >= 0.6 is 0 Å². The molecule has 2 heterocycles. The lowest BCUT2D eigenvalue weighted by molar-refractivity contribution is 0.102. The van der Waals surface area contributed by atoms with Crippen LogP contribution in [0.4, 0.5) is 5.82 Å². The zero-order valence-electron chi connectivity index (χ0n) is 17.2. The molecule has 0 saturated heterocycles. The molecule has 0 aliphatic heterocycles. The third-order valence-corrected chi connectivity index (χ3v) is 5.20. The number of nitrogens with one attached hydrogen (secondary N) is 2. The standard InChI is InChI=1S/C23H22N6O/c1-4-7-21-18(13-25-29(21)20-9-6-5-8-14(20)2)23(30)26-22-17-10-15(3)16(12-24)11-19(17)27-28-22/h5-6,8-11,13H,4,7H2,1-3H3,(H2,26,27,28,30). The fourth-order valence-electron chi connectivity index (χ4n) is 3.61. The van der Waals surface area contributed by atoms with Crippen molar-refractivity contribution in [3.63, 3.8) is 0 Å². The molecule has 1 amide bonds. The summed E-state index contributed by atoms with van der Waals surface area (Å²) < 4.78 is 1.85. The van der Waals surface area contributed by atoms with Gasteiger partial charge in [-0.05, 0) is 49.6 Å². The Morgan fingerprint density at radius 1 is 1.23 bits per heavy atom. The Hall–Kier alpha value is -3.92. The number of nitrogens with zero attached hydrogens (tertiary/aromatic N) is 4. The molecule has 0 atom stereocenters. The number of aromatic amines is 1. The van der Waals surface area contributed by atoms with Gasteiger partial charge in [-0.3, -0.25) is 9.89 Å². The molecule has 0 fully saturated rings. The molecule has 0 saturated carbocycles. The van der Waals surface area contributed by atoms with Crippen LogP contribution in [0.1, 0.15) is 46.1 Å². The zero-order valence-corrected chi connectivity index (χ0v) is 17.2. The minimum atomic E-state index is -0.256. The number of anilines is 1. The summed E-state index contributed by atoms with van der Waals surface area (Å²) in [5.74, 6) is 0.183. The molecule has 30 heavy (non-hydrogen) atoms. The molecule has 7 nitrogen and oxygen atoms in total. The fourth-order valence-corrected chi connectivity index (χ4v) is 3.61. The Bertz CT molecular complexity index is 1290. The molecular weight excluding hydrogens is 376 g/mol. The van der Waals surface area contributed by atoms with Gasteiger partial charge in [-0.25, -0.2) is 4.68 Å². The average molecular weight is 398 g/mol.